The van der Waals surface area contributed by atoms with Crippen molar-refractivity contribution in [1.82, 2.24) is 19.7 Å². The van der Waals surface area contributed by atoms with E-state index in [0.29, 0.717) is 17.1 Å². The van der Waals surface area contributed by atoms with Gasteiger partial charge in [-0.05, 0) is 45.4 Å². The lowest BCUT2D eigenvalue weighted by Crippen LogP contribution is -2.15. The second kappa shape index (κ2) is 5.79. The highest BCUT2D eigenvalue weighted by Crippen LogP contribution is 2.20. The minimum atomic E-state index is -0.217. The Bertz CT molecular complexity index is 865. The molecule has 3 aromatic rings. The molecule has 0 radical (unpaired) electrons. The molecule has 118 valence electrons. The third-order valence-electron chi connectivity index (χ3n) is 3.65. The molecule has 0 atom stereocenters. The van der Waals surface area contributed by atoms with Crippen molar-refractivity contribution >= 4 is 22.8 Å². The predicted octanol–water partition coefficient (Wildman–Crippen LogP) is 3.28. The fourth-order valence-corrected chi connectivity index (χ4v) is 2.40. The molecule has 1 N–H and O–H groups in total. The number of carbonyl (C=O) groups is 1. The normalized spacial score (nSPS) is 11.2. The van der Waals surface area contributed by atoms with E-state index < -0.39 is 0 Å². The van der Waals surface area contributed by atoms with Crippen LogP contribution in [0.1, 0.15) is 41.5 Å². The highest BCUT2D eigenvalue weighted by molar-refractivity contribution is 6.06. The average Bonchev–Trinajstić information content (AvgIpc) is 2.91. The molecule has 3 rings (SSSR count). The van der Waals surface area contributed by atoms with Gasteiger partial charge in [-0.2, -0.15) is 5.10 Å². The van der Waals surface area contributed by atoms with Crippen LogP contribution in [0.15, 0.2) is 30.6 Å². The van der Waals surface area contributed by atoms with Gasteiger partial charge in [-0.3, -0.25) is 4.79 Å². The summed E-state index contributed by atoms with van der Waals surface area (Å²) in [5.41, 5.74) is 3.04. The van der Waals surface area contributed by atoms with E-state index >= 15 is 0 Å². The van der Waals surface area contributed by atoms with E-state index in [1.807, 2.05) is 44.5 Å². The van der Waals surface area contributed by atoms with Crippen LogP contribution in [-0.4, -0.2) is 25.7 Å². The molecule has 1 amide bonds. The van der Waals surface area contributed by atoms with Gasteiger partial charge in [0, 0.05) is 17.6 Å². The maximum absolute atomic E-state index is 12.5. The molecular formula is C17H19N5O. The van der Waals surface area contributed by atoms with Crippen LogP contribution in [0.3, 0.4) is 0 Å². The zero-order valence-electron chi connectivity index (χ0n) is 13.7. The van der Waals surface area contributed by atoms with Crippen LogP contribution in [0.25, 0.3) is 11.0 Å². The molecule has 3 aromatic heterocycles. The van der Waals surface area contributed by atoms with Gasteiger partial charge in [0.25, 0.3) is 5.91 Å². The van der Waals surface area contributed by atoms with E-state index in [9.17, 15) is 4.79 Å². The molecule has 0 saturated heterocycles. The average molecular weight is 309 g/mol. The maximum atomic E-state index is 12.5. The van der Waals surface area contributed by atoms with Crippen LogP contribution in [-0.2, 0) is 0 Å². The number of anilines is 1. The molecule has 0 aliphatic heterocycles. The minimum absolute atomic E-state index is 0.217. The van der Waals surface area contributed by atoms with Gasteiger partial charge in [0.05, 0.1) is 17.5 Å². The number of hydrogen-bond donors (Lipinski definition) is 1. The van der Waals surface area contributed by atoms with E-state index in [1.165, 1.54) is 0 Å². The maximum Gasteiger partial charge on any atom is 0.258 e. The number of carbonyl (C=O) groups excluding carboxylic acids is 1. The van der Waals surface area contributed by atoms with Gasteiger partial charge < -0.3 is 5.32 Å². The zero-order chi connectivity index (χ0) is 16.6. The fraction of sp³-hybridized carbons (Fsp3) is 0.294. The van der Waals surface area contributed by atoms with Crippen LogP contribution < -0.4 is 5.32 Å². The summed E-state index contributed by atoms with van der Waals surface area (Å²) in [5.74, 6) is 0.309. The summed E-state index contributed by atoms with van der Waals surface area (Å²) in [6.07, 6.45) is 3.46. The first-order chi connectivity index (χ1) is 11.0. The quantitative estimate of drug-likeness (QED) is 0.806. The van der Waals surface area contributed by atoms with Gasteiger partial charge in [0.1, 0.15) is 5.82 Å². The van der Waals surface area contributed by atoms with Crippen LogP contribution in [0.5, 0.6) is 0 Å². The highest BCUT2D eigenvalue weighted by Gasteiger charge is 2.15. The third kappa shape index (κ3) is 2.92. The smallest absolute Gasteiger partial charge is 0.258 e. The number of aryl methyl sites for hydroxylation is 2. The molecule has 0 bridgehead atoms. The first-order valence-corrected chi connectivity index (χ1v) is 7.54. The van der Waals surface area contributed by atoms with Crippen molar-refractivity contribution < 1.29 is 4.79 Å². The number of nitrogens with one attached hydrogen (secondary N) is 1. The van der Waals surface area contributed by atoms with Gasteiger partial charge in [-0.1, -0.05) is 6.07 Å². The lowest BCUT2D eigenvalue weighted by atomic mass is 10.1. The molecule has 6 heteroatoms. The fourth-order valence-electron chi connectivity index (χ4n) is 2.40. The van der Waals surface area contributed by atoms with Crippen molar-refractivity contribution in [2.45, 2.75) is 33.7 Å². The molecule has 0 spiro atoms. The first-order valence-electron chi connectivity index (χ1n) is 7.54. The summed E-state index contributed by atoms with van der Waals surface area (Å²) in [5, 5.41) is 8.00. The van der Waals surface area contributed by atoms with Crippen molar-refractivity contribution in [3.8, 4) is 0 Å². The zero-order valence-corrected chi connectivity index (χ0v) is 13.7. The summed E-state index contributed by atoms with van der Waals surface area (Å²) < 4.78 is 1.85. The standard InChI is InChI=1S/C17H19N5O/c1-10(2)22-16-13(9-19-22)7-14(12(4)20-16)17(23)21-15-6-5-11(3)8-18-15/h5-10H,1-4H3,(H,18,21,23). The number of aromatic nitrogens is 4. The lowest BCUT2D eigenvalue weighted by molar-refractivity contribution is 0.102. The number of pyridine rings is 2. The van der Waals surface area contributed by atoms with E-state index in [1.54, 1.807) is 18.5 Å². The van der Waals surface area contributed by atoms with Crippen molar-refractivity contribution in [2.24, 2.45) is 0 Å². The summed E-state index contributed by atoms with van der Waals surface area (Å²) in [7, 11) is 0. The Kier molecular flexibility index (Phi) is 3.82. The Labute approximate surface area is 134 Å². The van der Waals surface area contributed by atoms with Gasteiger partial charge >= 0.3 is 0 Å². The van der Waals surface area contributed by atoms with Crippen LogP contribution >= 0.6 is 0 Å². The predicted molar refractivity (Wildman–Crippen MR) is 89.6 cm³/mol. The Morgan fingerprint density at radius 2 is 2.00 bits per heavy atom. The van der Waals surface area contributed by atoms with Crippen molar-refractivity contribution in [2.75, 3.05) is 5.32 Å². The molecule has 0 aliphatic carbocycles. The molecular weight excluding hydrogens is 290 g/mol. The van der Waals surface area contributed by atoms with E-state index in [2.05, 4.69) is 20.4 Å². The molecule has 0 unspecified atom stereocenters. The van der Waals surface area contributed by atoms with E-state index in [0.717, 1.165) is 16.6 Å². The van der Waals surface area contributed by atoms with Gasteiger partial charge in [0.2, 0.25) is 0 Å². The summed E-state index contributed by atoms with van der Waals surface area (Å²) in [6.45, 7) is 7.88. The summed E-state index contributed by atoms with van der Waals surface area (Å²) >= 11 is 0. The summed E-state index contributed by atoms with van der Waals surface area (Å²) in [4.78, 5) is 21.2. The van der Waals surface area contributed by atoms with Crippen molar-refractivity contribution in [3.05, 3.63) is 47.4 Å². The molecule has 0 aliphatic rings. The number of fused-ring (bicyclic) bond motifs is 1. The third-order valence-corrected chi connectivity index (χ3v) is 3.65. The van der Waals surface area contributed by atoms with Crippen LogP contribution in [0.4, 0.5) is 5.82 Å². The molecule has 0 saturated carbocycles. The van der Waals surface area contributed by atoms with Gasteiger partial charge in [-0.25, -0.2) is 14.6 Å². The van der Waals surface area contributed by atoms with Crippen LogP contribution in [0.2, 0.25) is 0 Å². The Morgan fingerprint density at radius 3 is 2.65 bits per heavy atom. The largest absolute Gasteiger partial charge is 0.307 e. The second-order valence-corrected chi connectivity index (χ2v) is 5.89. The van der Waals surface area contributed by atoms with Crippen molar-refractivity contribution in [1.29, 1.82) is 0 Å². The highest BCUT2D eigenvalue weighted by atomic mass is 16.1. The SMILES string of the molecule is Cc1ccc(NC(=O)c2cc3cnn(C(C)C)c3nc2C)nc1. The van der Waals surface area contributed by atoms with E-state index in [4.69, 9.17) is 0 Å². The monoisotopic (exact) mass is 309 g/mol. The summed E-state index contributed by atoms with van der Waals surface area (Å²) in [6, 6.07) is 5.73. The Balaban J connectivity index is 1.94. The number of nitrogens with zero attached hydrogens (tertiary/aromatic N) is 4. The topological polar surface area (TPSA) is 72.7 Å². The lowest BCUT2D eigenvalue weighted by Gasteiger charge is -2.09. The molecule has 0 aromatic carbocycles. The second-order valence-electron chi connectivity index (χ2n) is 5.89. The Hall–Kier alpha value is -2.76. The first kappa shape index (κ1) is 15.1. The Morgan fingerprint density at radius 1 is 1.22 bits per heavy atom. The molecule has 3 heterocycles. The van der Waals surface area contributed by atoms with Gasteiger partial charge in [-0.15, -0.1) is 0 Å². The number of amides is 1. The van der Waals surface area contributed by atoms with Crippen LogP contribution in [0, 0.1) is 13.8 Å². The molecule has 23 heavy (non-hydrogen) atoms. The minimum Gasteiger partial charge on any atom is -0.307 e. The number of rotatable bonds is 3. The van der Waals surface area contributed by atoms with Gasteiger partial charge in [0.15, 0.2) is 5.65 Å². The number of hydrogen-bond acceptors (Lipinski definition) is 4. The van der Waals surface area contributed by atoms with E-state index in [-0.39, 0.29) is 11.9 Å². The molecule has 0 fully saturated rings. The molecule has 6 nitrogen and oxygen atoms in total. The van der Waals surface area contributed by atoms with Crippen molar-refractivity contribution in [3.63, 3.8) is 0 Å².